The third kappa shape index (κ3) is 5.83. The van der Waals surface area contributed by atoms with Gasteiger partial charge in [-0.3, -0.25) is 14.5 Å². The number of nitrogen functional groups attached to an aromatic ring is 1. The minimum Gasteiger partial charge on any atom is -0.399 e. The first-order valence-electron chi connectivity index (χ1n) is 6.89. The summed E-state index contributed by atoms with van der Waals surface area (Å²) in [6.45, 7) is 4.17. The Labute approximate surface area is 125 Å². The zero-order valence-corrected chi connectivity index (χ0v) is 13.1. The van der Waals surface area contributed by atoms with Crippen molar-refractivity contribution in [1.82, 2.24) is 10.2 Å². The largest absolute Gasteiger partial charge is 0.399 e. The van der Waals surface area contributed by atoms with Crippen LogP contribution in [0.1, 0.15) is 13.8 Å². The van der Waals surface area contributed by atoms with E-state index in [2.05, 4.69) is 5.32 Å². The molecule has 6 nitrogen and oxygen atoms in total. The number of hydrogen-bond acceptors (Lipinski definition) is 4. The highest BCUT2D eigenvalue weighted by Gasteiger charge is 2.15. The number of amides is 2. The van der Waals surface area contributed by atoms with E-state index in [1.165, 1.54) is 0 Å². The van der Waals surface area contributed by atoms with Crippen LogP contribution in [-0.4, -0.2) is 49.9 Å². The molecule has 0 heterocycles. The van der Waals surface area contributed by atoms with Gasteiger partial charge in [-0.15, -0.1) is 0 Å². The number of hydrogen-bond donors (Lipinski definition) is 2. The van der Waals surface area contributed by atoms with Gasteiger partial charge < -0.3 is 16.0 Å². The number of likely N-dealkylation sites (N-methyl/N-ethyl adjacent to an activating group) is 2. The molecular weight excluding hydrogens is 268 g/mol. The summed E-state index contributed by atoms with van der Waals surface area (Å²) in [6.07, 6.45) is 0. The monoisotopic (exact) mass is 292 g/mol. The Morgan fingerprint density at radius 3 is 2.24 bits per heavy atom. The molecule has 116 valence electrons. The topological polar surface area (TPSA) is 78.7 Å². The molecule has 0 spiro atoms. The molecule has 3 N–H and O–H groups in total. The fraction of sp³-hybridized carbons (Fsp3) is 0.467. The number of nitrogens with zero attached hydrogens (tertiary/aromatic N) is 2. The summed E-state index contributed by atoms with van der Waals surface area (Å²) in [5.41, 5.74) is 7.05. The fourth-order valence-electron chi connectivity index (χ4n) is 1.85. The molecule has 1 aromatic rings. The van der Waals surface area contributed by atoms with Crippen LogP contribution in [0.25, 0.3) is 0 Å². The summed E-state index contributed by atoms with van der Waals surface area (Å²) in [7, 11) is 3.45. The van der Waals surface area contributed by atoms with Gasteiger partial charge in [-0.2, -0.15) is 0 Å². The summed E-state index contributed by atoms with van der Waals surface area (Å²) < 4.78 is 0. The molecule has 0 saturated carbocycles. The zero-order valence-electron chi connectivity index (χ0n) is 13.1. The van der Waals surface area contributed by atoms with Crippen molar-refractivity contribution >= 4 is 23.2 Å². The maximum absolute atomic E-state index is 12.2. The van der Waals surface area contributed by atoms with Crippen molar-refractivity contribution in [3.63, 3.8) is 0 Å². The molecule has 0 aromatic heterocycles. The first-order valence-corrected chi connectivity index (χ1v) is 6.89. The van der Waals surface area contributed by atoms with E-state index in [0.29, 0.717) is 5.69 Å². The van der Waals surface area contributed by atoms with Gasteiger partial charge in [0.1, 0.15) is 0 Å². The van der Waals surface area contributed by atoms with E-state index in [4.69, 9.17) is 5.73 Å². The number of anilines is 2. The lowest BCUT2D eigenvalue weighted by atomic mass is 10.2. The molecule has 0 aliphatic heterocycles. The van der Waals surface area contributed by atoms with Gasteiger partial charge in [0.15, 0.2) is 0 Å². The molecule has 0 radical (unpaired) electrons. The van der Waals surface area contributed by atoms with Crippen LogP contribution < -0.4 is 16.0 Å². The summed E-state index contributed by atoms with van der Waals surface area (Å²) in [6, 6.07) is 7.17. The number of rotatable bonds is 6. The van der Waals surface area contributed by atoms with Crippen LogP contribution in [0.5, 0.6) is 0 Å². The average Bonchev–Trinajstić information content (AvgIpc) is 2.37. The summed E-state index contributed by atoms with van der Waals surface area (Å²) in [5.74, 6) is -0.171. The highest BCUT2D eigenvalue weighted by molar-refractivity contribution is 5.94. The Morgan fingerprint density at radius 2 is 1.71 bits per heavy atom. The summed E-state index contributed by atoms with van der Waals surface area (Å²) >= 11 is 0. The third-order valence-electron chi connectivity index (χ3n) is 2.92. The lowest BCUT2D eigenvalue weighted by Gasteiger charge is -2.22. The van der Waals surface area contributed by atoms with Gasteiger partial charge in [-0.25, -0.2) is 0 Å². The Bertz CT molecular complexity index is 485. The zero-order chi connectivity index (χ0) is 16.0. The molecule has 0 fully saturated rings. The van der Waals surface area contributed by atoms with Gasteiger partial charge in [0.05, 0.1) is 13.1 Å². The van der Waals surface area contributed by atoms with E-state index < -0.39 is 0 Å². The molecule has 2 amide bonds. The maximum Gasteiger partial charge on any atom is 0.240 e. The fourth-order valence-corrected chi connectivity index (χ4v) is 1.85. The molecule has 0 atom stereocenters. The SMILES string of the molecule is CC(C)NC(=O)CN(C)CC(=O)N(C)c1ccc(N)cc1. The predicted octanol–water partition coefficient (Wildman–Crippen LogP) is 0.688. The second-order valence-electron chi connectivity index (χ2n) is 5.44. The summed E-state index contributed by atoms with van der Waals surface area (Å²) in [4.78, 5) is 27.0. The van der Waals surface area contributed by atoms with Crippen molar-refractivity contribution in [3.05, 3.63) is 24.3 Å². The van der Waals surface area contributed by atoms with Crippen LogP contribution in [0.3, 0.4) is 0 Å². The predicted molar refractivity (Wildman–Crippen MR) is 85.0 cm³/mol. The molecule has 0 aliphatic carbocycles. The average molecular weight is 292 g/mol. The lowest BCUT2D eigenvalue weighted by Crippen LogP contribution is -2.43. The number of nitrogens with one attached hydrogen (secondary N) is 1. The standard InChI is InChI=1S/C15H24N4O2/c1-11(2)17-14(20)9-18(3)10-15(21)19(4)13-7-5-12(16)6-8-13/h5-8,11H,9-10,16H2,1-4H3,(H,17,20). The minimum atomic E-state index is -0.0876. The molecule has 1 rings (SSSR count). The molecule has 0 saturated heterocycles. The van der Waals surface area contributed by atoms with Crippen molar-refractivity contribution in [1.29, 1.82) is 0 Å². The van der Waals surface area contributed by atoms with Crippen molar-refractivity contribution in [2.75, 3.05) is 37.8 Å². The van der Waals surface area contributed by atoms with Gasteiger partial charge in [-0.05, 0) is 45.2 Å². The van der Waals surface area contributed by atoms with Gasteiger partial charge in [0, 0.05) is 24.5 Å². The molecule has 0 unspecified atom stereocenters. The Morgan fingerprint density at radius 1 is 1.14 bits per heavy atom. The number of nitrogens with two attached hydrogens (primary N) is 1. The Balaban J connectivity index is 2.52. The van der Waals surface area contributed by atoms with E-state index in [-0.39, 0.29) is 30.9 Å². The van der Waals surface area contributed by atoms with E-state index >= 15 is 0 Å². The number of carbonyl (C=O) groups is 2. The lowest BCUT2D eigenvalue weighted by molar-refractivity contribution is -0.123. The highest BCUT2D eigenvalue weighted by Crippen LogP contribution is 2.14. The quantitative estimate of drug-likeness (QED) is 0.756. The van der Waals surface area contributed by atoms with Gasteiger partial charge in [0.2, 0.25) is 11.8 Å². The van der Waals surface area contributed by atoms with E-state index in [1.54, 1.807) is 48.2 Å². The van der Waals surface area contributed by atoms with Crippen molar-refractivity contribution in [2.24, 2.45) is 0 Å². The number of benzene rings is 1. The van der Waals surface area contributed by atoms with Gasteiger partial charge in [0.25, 0.3) is 0 Å². The van der Waals surface area contributed by atoms with Crippen molar-refractivity contribution < 1.29 is 9.59 Å². The number of carbonyl (C=O) groups excluding carboxylic acids is 2. The van der Waals surface area contributed by atoms with Crippen LogP contribution in [0.4, 0.5) is 11.4 Å². The van der Waals surface area contributed by atoms with E-state index in [9.17, 15) is 9.59 Å². The first kappa shape index (κ1) is 17.0. The second kappa shape index (κ2) is 7.64. The highest BCUT2D eigenvalue weighted by atomic mass is 16.2. The van der Waals surface area contributed by atoms with Gasteiger partial charge in [-0.1, -0.05) is 0 Å². The van der Waals surface area contributed by atoms with Crippen LogP contribution in [0, 0.1) is 0 Å². The minimum absolute atomic E-state index is 0.0837. The van der Waals surface area contributed by atoms with Crippen LogP contribution in [-0.2, 0) is 9.59 Å². The summed E-state index contributed by atoms with van der Waals surface area (Å²) in [5, 5.41) is 2.79. The molecule has 6 heteroatoms. The Hall–Kier alpha value is -2.08. The smallest absolute Gasteiger partial charge is 0.240 e. The third-order valence-corrected chi connectivity index (χ3v) is 2.92. The van der Waals surface area contributed by atoms with Gasteiger partial charge >= 0.3 is 0 Å². The van der Waals surface area contributed by atoms with Crippen molar-refractivity contribution in [2.45, 2.75) is 19.9 Å². The first-order chi connectivity index (χ1) is 9.79. The normalized spacial score (nSPS) is 10.8. The molecule has 1 aromatic carbocycles. The van der Waals surface area contributed by atoms with E-state index in [0.717, 1.165) is 5.69 Å². The molecule has 21 heavy (non-hydrogen) atoms. The van der Waals surface area contributed by atoms with Crippen LogP contribution in [0.2, 0.25) is 0 Å². The van der Waals surface area contributed by atoms with Crippen LogP contribution in [0.15, 0.2) is 24.3 Å². The van der Waals surface area contributed by atoms with E-state index in [1.807, 2.05) is 13.8 Å². The van der Waals surface area contributed by atoms with Crippen molar-refractivity contribution in [3.8, 4) is 0 Å². The van der Waals surface area contributed by atoms with Crippen LogP contribution >= 0.6 is 0 Å². The molecule has 0 bridgehead atoms. The molecule has 0 aliphatic rings. The molecular formula is C15H24N4O2. The Kier molecular flexibility index (Phi) is 6.17. The maximum atomic E-state index is 12.2. The second-order valence-corrected chi connectivity index (χ2v) is 5.44.